The summed E-state index contributed by atoms with van der Waals surface area (Å²) in [7, 11) is -0.608. The highest BCUT2D eigenvalue weighted by molar-refractivity contribution is 7.92. The summed E-state index contributed by atoms with van der Waals surface area (Å²) in [6.07, 6.45) is 0.690. The first-order valence-electron chi connectivity index (χ1n) is 9.59. The van der Waals surface area contributed by atoms with Crippen LogP contribution in [0.3, 0.4) is 0 Å². The van der Waals surface area contributed by atoms with Gasteiger partial charge in [-0.1, -0.05) is 12.1 Å². The Bertz CT molecular complexity index is 1110. The minimum Gasteiger partial charge on any atom is -0.497 e. The zero-order chi connectivity index (χ0) is 22.3. The molecule has 7 nitrogen and oxygen atoms in total. The number of anilines is 1. The highest BCUT2D eigenvalue weighted by atomic mass is 32.2. The Hall–Kier alpha value is -3.52. The Morgan fingerprint density at radius 2 is 1.35 bits per heavy atom. The Balaban J connectivity index is 1.55. The van der Waals surface area contributed by atoms with Gasteiger partial charge in [0.25, 0.3) is 15.9 Å². The van der Waals surface area contributed by atoms with Crippen LogP contribution >= 0.6 is 0 Å². The third-order valence-electron chi connectivity index (χ3n) is 4.63. The van der Waals surface area contributed by atoms with Gasteiger partial charge in [0.15, 0.2) is 0 Å². The summed E-state index contributed by atoms with van der Waals surface area (Å²) in [5.41, 5.74) is 1.90. The van der Waals surface area contributed by atoms with E-state index in [1.54, 1.807) is 43.5 Å². The average Bonchev–Trinajstić information content (AvgIpc) is 2.79. The summed E-state index contributed by atoms with van der Waals surface area (Å²) in [5.74, 6) is 1.13. The number of ether oxygens (including phenoxy) is 2. The smallest absolute Gasteiger partial charge is 0.261 e. The first kappa shape index (κ1) is 22.2. The molecule has 8 heteroatoms. The molecule has 0 aromatic heterocycles. The van der Waals surface area contributed by atoms with Crippen molar-refractivity contribution in [3.05, 3.63) is 83.9 Å². The number of hydrogen-bond acceptors (Lipinski definition) is 5. The summed E-state index contributed by atoms with van der Waals surface area (Å²) in [6.45, 7) is 0.483. The van der Waals surface area contributed by atoms with Crippen LogP contribution in [0.1, 0.15) is 15.9 Å². The minimum atomic E-state index is -3.74. The van der Waals surface area contributed by atoms with Crippen molar-refractivity contribution in [1.82, 2.24) is 5.32 Å². The SMILES string of the molecule is COc1ccc(CCNC(=O)c2ccc(NS(=O)(=O)c3ccc(OC)cc3)cc2)cc1. The van der Waals surface area contributed by atoms with Crippen molar-refractivity contribution in [2.75, 3.05) is 25.5 Å². The molecule has 0 aliphatic rings. The van der Waals surface area contributed by atoms with Crippen molar-refractivity contribution in [3.63, 3.8) is 0 Å². The fourth-order valence-electron chi connectivity index (χ4n) is 2.87. The van der Waals surface area contributed by atoms with E-state index in [4.69, 9.17) is 9.47 Å². The molecule has 0 saturated heterocycles. The van der Waals surface area contributed by atoms with Gasteiger partial charge in [-0.15, -0.1) is 0 Å². The maximum Gasteiger partial charge on any atom is 0.261 e. The Morgan fingerprint density at radius 3 is 1.90 bits per heavy atom. The lowest BCUT2D eigenvalue weighted by atomic mass is 10.1. The molecule has 0 unspecified atom stereocenters. The van der Waals surface area contributed by atoms with Crippen molar-refractivity contribution < 1.29 is 22.7 Å². The number of benzene rings is 3. The van der Waals surface area contributed by atoms with Gasteiger partial charge in [0.2, 0.25) is 0 Å². The molecule has 162 valence electrons. The predicted molar refractivity (Wildman–Crippen MR) is 119 cm³/mol. The number of hydrogen-bond donors (Lipinski definition) is 2. The average molecular weight is 441 g/mol. The Labute approximate surface area is 182 Å². The van der Waals surface area contributed by atoms with E-state index in [-0.39, 0.29) is 10.8 Å². The van der Waals surface area contributed by atoms with Gasteiger partial charge in [0, 0.05) is 17.8 Å². The lowest BCUT2D eigenvalue weighted by Crippen LogP contribution is -2.25. The third-order valence-corrected chi connectivity index (χ3v) is 6.02. The number of sulfonamides is 1. The molecule has 0 saturated carbocycles. The van der Waals surface area contributed by atoms with Gasteiger partial charge in [-0.25, -0.2) is 8.42 Å². The van der Waals surface area contributed by atoms with E-state index in [0.29, 0.717) is 30.0 Å². The molecule has 0 spiro atoms. The van der Waals surface area contributed by atoms with Crippen LogP contribution in [0.2, 0.25) is 0 Å². The molecule has 0 fully saturated rings. The molecule has 3 aromatic carbocycles. The molecule has 2 N–H and O–H groups in total. The molecule has 0 aliphatic carbocycles. The quantitative estimate of drug-likeness (QED) is 0.531. The van der Waals surface area contributed by atoms with E-state index in [9.17, 15) is 13.2 Å². The second-order valence-corrected chi connectivity index (χ2v) is 8.39. The molecule has 3 rings (SSSR count). The molecule has 0 bridgehead atoms. The van der Waals surface area contributed by atoms with Crippen molar-refractivity contribution in [3.8, 4) is 11.5 Å². The van der Waals surface area contributed by atoms with Gasteiger partial charge < -0.3 is 14.8 Å². The summed E-state index contributed by atoms with van der Waals surface area (Å²) in [4.78, 5) is 12.5. The van der Waals surface area contributed by atoms with Crippen molar-refractivity contribution in [2.45, 2.75) is 11.3 Å². The second-order valence-electron chi connectivity index (χ2n) is 6.71. The van der Waals surface area contributed by atoms with E-state index in [1.807, 2.05) is 24.3 Å². The van der Waals surface area contributed by atoms with Gasteiger partial charge in [-0.2, -0.15) is 0 Å². The number of carbonyl (C=O) groups is 1. The highest BCUT2D eigenvalue weighted by Gasteiger charge is 2.14. The summed E-state index contributed by atoms with van der Waals surface area (Å²) >= 11 is 0. The van der Waals surface area contributed by atoms with Crippen LogP contribution in [0.25, 0.3) is 0 Å². The van der Waals surface area contributed by atoms with Crippen LogP contribution in [0.15, 0.2) is 77.7 Å². The van der Waals surface area contributed by atoms with Gasteiger partial charge in [0.1, 0.15) is 11.5 Å². The van der Waals surface area contributed by atoms with Gasteiger partial charge in [-0.05, 0) is 72.6 Å². The molecule has 0 heterocycles. The highest BCUT2D eigenvalue weighted by Crippen LogP contribution is 2.19. The Kier molecular flexibility index (Phi) is 7.15. The standard InChI is InChI=1S/C23H24N2O5S/c1-29-20-9-3-17(4-10-20)15-16-24-23(26)18-5-7-19(8-6-18)25-31(27,28)22-13-11-21(30-2)12-14-22/h3-14,25H,15-16H2,1-2H3,(H,24,26). The monoisotopic (exact) mass is 440 g/mol. The number of nitrogens with one attached hydrogen (secondary N) is 2. The summed E-state index contributed by atoms with van der Waals surface area (Å²) in [6, 6.07) is 20.0. The Morgan fingerprint density at radius 1 is 0.806 bits per heavy atom. The van der Waals surface area contributed by atoms with Crippen molar-refractivity contribution in [1.29, 1.82) is 0 Å². The van der Waals surface area contributed by atoms with E-state index in [1.165, 1.54) is 19.2 Å². The number of methoxy groups -OCH3 is 2. The predicted octanol–water partition coefficient (Wildman–Crippen LogP) is 3.48. The molecule has 0 aliphatic heterocycles. The van der Waals surface area contributed by atoms with Crippen LogP contribution < -0.4 is 19.5 Å². The third kappa shape index (κ3) is 5.99. The molecular weight excluding hydrogens is 416 g/mol. The molecule has 0 radical (unpaired) electrons. The zero-order valence-corrected chi connectivity index (χ0v) is 18.1. The fourth-order valence-corrected chi connectivity index (χ4v) is 3.93. The molecule has 1 amide bonds. The van der Waals surface area contributed by atoms with E-state index < -0.39 is 10.0 Å². The first-order chi connectivity index (χ1) is 14.9. The normalized spacial score (nSPS) is 10.9. The zero-order valence-electron chi connectivity index (χ0n) is 17.3. The van der Waals surface area contributed by atoms with E-state index >= 15 is 0 Å². The number of carbonyl (C=O) groups excluding carboxylic acids is 1. The van der Waals surface area contributed by atoms with E-state index in [2.05, 4.69) is 10.0 Å². The number of rotatable bonds is 9. The second kappa shape index (κ2) is 9.99. The van der Waals surface area contributed by atoms with Gasteiger partial charge in [0.05, 0.1) is 19.1 Å². The maximum absolute atomic E-state index is 12.5. The van der Waals surface area contributed by atoms with Crippen molar-refractivity contribution in [2.24, 2.45) is 0 Å². The van der Waals surface area contributed by atoms with Gasteiger partial charge >= 0.3 is 0 Å². The van der Waals surface area contributed by atoms with Crippen LogP contribution in [-0.2, 0) is 16.4 Å². The lowest BCUT2D eigenvalue weighted by molar-refractivity contribution is 0.0954. The van der Waals surface area contributed by atoms with Crippen LogP contribution in [0.5, 0.6) is 11.5 Å². The lowest BCUT2D eigenvalue weighted by Gasteiger charge is -2.10. The van der Waals surface area contributed by atoms with E-state index in [0.717, 1.165) is 11.3 Å². The molecular formula is C23H24N2O5S. The molecule has 3 aromatic rings. The summed E-state index contributed by atoms with van der Waals surface area (Å²) < 4.78 is 37.7. The van der Waals surface area contributed by atoms with Gasteiger partial charge in [-0.3, -0.25) is 9.52 Å². The van der Waals surface area contributed by atoms with Crippen LogP contribution in [0.4, 0.5) is 5.69 Å². The minimum absolute atomic E-state index is 0.119. The van der Waals surface area contributed by atoms with Crippen LogP contribution in [-0.4, -0.2) is 35.1 Å². The fraction of sp³-hybridized carbons (Fsp3) is 0.174. The van der Waals surface area contributed by atoms with Crippen molar-refractivity contribution >= 4 is 21.6 Å². The maximum atomic E-state index is 12.5. The molecule has 31 heavy (non-hydrogen) atoms. The largest absolute Gasteiger partial charge is 0.497 e. The first-order valence-corrected chi connectivity index (χ1v) is 11.1. The molecule has 0 atom stereocenters. The van der Waals surface area contributed by atoms with Crippen LogP contribution in [0, 0.1) is 0 Å². The summed E-state index contributed by atoms with van der Waals surface area (Å²) in [5, 5.41) is 2.86. The number of amides is 1. The topological polar surface area (TPSA) is 93.7 Å².